The zero-order valence-corrected chi connectivity index (χ0v) is 14.8. The fraction of sp³-hybridized carbons (Fsp3) is 0.182. The zero-order chi connectivity index (χ0) is 17.2. The van der Waals surface area contributed by atoms with E-state index in [9.17, 15) is 0 Å². The summed E-state index contributed by atoms with van der Waals surface area (Å²) in [7, 11) is 0. The number of rotatable bonds is 5. The molecule has 0 fully saturated rings. The highest BCUT2D eigenvalue weighted by Crippen LogP contribution is 2.37. The van der Waals surface area contributed by atoms with Gasteiger partial charge in [-0.05, 0) is 48.2 Å². The summed E-state index contributed by atoms with van der Waals surface area (Å²) in [6, 6.07) is 21.1. The summed E-state index contributed by atoms with van der Waals surface area (Å²) < 4.78 is 0. The number of nitrogens with two attached hydrogens (primary N) is 1. The summed E-state index contributed by atoms with van der Waals surface area (Å²) >= 11 is 6.46. The van der Waals surface area contributed by atoms with Gasteiger partial charge in [-0.1, -0.05) is 66.2 Å². The predicted molar refractivity (Wildman–Crippen MR) is 108 cm³/mol. The van der Waals surface area contributed by atoms with E-state index < -0.39 is 0 Å². The highest BCUT2D eigenvalue weighted by molar-refractivity contribution is 6.35. The average molecular weight is 349 g/mol. The molecule has 1 heterocycles. The van der Waals surface area contributed by atoms with Gasteiger partial charge < -0.3 is 10.7 Å². The lowest BCUT2D eigenvalue weighted by molar-refractivity contribution is 0.748. The first-order valence-electron chi connectivity index (χ1n) is 8.77. The highest BCUT2D eigenvalue weighted by Gasteiger charge is 2.16. The van der Waals surface area contributed by atoms with Crippen LogP contribution in [0.4, 0.5) is 0 Å². The minimum Gasteiger partial charge on any atom is -0.353 e. The minimum absolute atomic E-state index is 0.729. The standard InChI is InChI=1S/C22H21ClN2/c23-20-13-6-12-19-18(10-3-4-14-24)21(25-22(19)20)17-11-5-8-15-7-1-2-9-16(15)17/h1-2,5-9,11-13,25H,3-4,10,14,24H2. The van der Waals surface area contributed by atoms with E-state index >= 15 is 0 Å². The SMILES string of the molecule is NCCCCc1c(-c2cccc3ccccc23)[nH]c2c(Cl)cccc12. The first-order chi connectivity index (χ1) is 12.3. The van der Waals surface area contributed by atoms with Crippen molar-refractivity contribution in [3.8, 4) is 11.3 Å². The van der Waals surface area contributed by atoms with Crippen molar-refractivity contribution in [2.75, 3.05) is 6.54 Å². The molecule has 0 spiro atoms. The van der Waals surface area contributed by atoms with Crippen molar-refractivity contribution in [2.45, 2.75) is 19.3 Å². The fourth-order valence-corrected chi connectivity index (χ4v) is 3.84. The van der Waals surface area contributed by atoms with Gasteiger partial charge in [-0.3, -0.25) is 0 Å². The molecule has 1 aromatic heterocycles. The van der Waals surface area contributed by atoms with Crippen molar-refractivity contribution in [3.05, 3.63) is 71.2 Å². The van der Waals surface area contributed by atoms with Crippen LogP contribution in [0.5, 0.6) is 0 Å². The lowest BCUT2D eigenvalue weighted by Gasteiger charge is -2.09. The number of aromatic amines is 1. The van der Waals surface area contributed by atoms with Gasteiger partial charge in [0.1, 0.15) is 0 Å². The van der Waals surface area contributed by atoms with Crippen LogP contribution in [0, 0.1) is 0 Å². The van der Waals surface area contributed by atoms with Crippen molar-refractivity contribution in [2.24, 2.45) is 5.73 Å². The summed E-state index contributed by atoms with van der Waals surface area (Å²) in [5.41, 5.74) is 10.5. The van der Waals surface area contributed by atoms with E-state index in [4.69, 9.17) is 17.3 Å². The molecule has 3 aromatic carbocycles. The third-order valence-electron chi connectivity index (χ3n) is 4.83. The summed E-state index contributed by atoms with van der Waals surface area (Å²) in [5, 5.41) is 4.49. The second-order valence-corrected chi connectivity index (χ2v) is 6.82. The van der Waals surface area contributed by atoms with Gasteiger partial charge in [0.05, 0.1) is 16.2 Å². The molecule has 4 rings (SSSR count). The van der Waals surface area contributed by atoms with E-state index in [1.54, 1.807) is 0 Å². The van der Waals surface area contributed by atoms with E-state index in [-0.39, 0.29) is 0 Å². The monoisotopic (exact) mass is 348 g/mol. The number of unbranched alkanes of at least 4 members (excludes halogenated alkanes) is 1. The zero-order valence-electron chi connectivity index (χ0n) is 14.1. The highest BCUT2D eigenvalue weighted by atomic mass is 35.5. The minimum atomic E-state index is 0.729. The molecule has 0 saturated heterocycles. The lowest BCUT2D eigenvalue weighted by atomic mass is 9.96. The summed E-state index contributed by atoms with van der Waals surface area (Å²) in [4.78, 5) is 3.60. The molecule has 3 N–H and O–H groups in total. The van der Waals surface area contributed by atoms with Crippen molar-refractivity contribution in [1.29, 1.82) is 0 Å². The van der Waals surface area contributed by atoms with Gasteiger partial charge in [-0.15, -0.1) is 0 Å². The van der Waals surface area contributed by atoms with Crippen LogP contribution in [-0.4, -0.2) is 11.5 Å². The van der Waals surface area contributed by atoms with Gasteiger partial charge in [0, 0.05) is 10.9 Å². The topological polar surface area (TPSA) is 41.8 Å². The first kappa shape index (κ1) is 16.2. The average Bonchev–Trinajstić information content (AvgIpc) is 3.01. The molecule has 2 nitrogen and oxygen atoms in total. The molecule has 0 saturated carbocycles. The van der Waals surface area contributed by atoms with E-state index in [1.807, 2.05) is 12.1 Å². The Kier molecular flexibility index (Phi) is 4.48. The fourth-order valence-electron chi connectivity index (χ4n) is 3.62. The van der Waals surface area contributed by atoms with Gasteiger partial charge in [0.25, 0.3) is 0 Å². The Hall–Kier alpha value is -2.29. The van der Waals surface area contributed by atoms with Crippen LogP contribution in [0.1, 0.15) is 18.4 Å². The maximum Gasteiger partial charge on any atom is 0.0651 e. The predicted octanol–water partition coefficient (Wildman–Crippen LogP) is 5.92. The lowest BCUT2D eigenvalue weighted by Crippen LogP contribution is -1.99. The maximum atomic E-state index is 6.46. The van der Waals surface area contributed by atoms with Crippen molar-refractivity contribution < 1.29 is 0 Å². The first-order valence-corrected chi connectivity index (χ1v) is 9.14. The van der Waals surface area contributed by atoms with Gasteiger partial charge >= 0.3 is 0 Å². The van der Waals surface area contributed by atoms with Crippen molar-refractivity contribution >= 4 is 33.3 Å². The summed E-state index contributed by atoms with van der Waals surface area (Å²) in [5.74, 6) is 0. The number of halogens is 1. The molecule has 25 heavy (non-hydrogen) atoms. The number of nitrogens with one attached hydrogen (secondary N) is 1. The molecule has 0 atom stereocenters. The largest absolute Gasteiger partial charge is 0.353 e. The van der Waals surface area contributed by atoms with Crippen molar-refractivity contribution in [1.82, 2.24) is 4.98 Å². The Balaban J connectivity index is 1.96. The molecule has 0 unspecified atom stereocenters. The normalized spacial score (nSPS) is 11.4. The molecule has 126 valence electrons. The van der Waals surface area contributed by atoms with E-state index in [1.165, 1.54) is 33.0 Å². The number of benzene rings is 3. The molecule has 0 aliphatic heterocycles. The second kappa shape index (κ2) is 6.91. The number of H-pyrrole nitrogens is 1. The van der Waals surface area contributed by atoms with Crippen LogP contribution in [-0.2, 0) is 6.42 Å². The van der Waals surface area contributed by atoms with E-state index in [0.29, 0.717) is 0 Å². The van der Waals surface area contributed by atoms with Crippen LogP contribution >= 0.6 is 11.6 Å². The number of aryl methyl sites for hydroxylation is 1. The van der Waals surface area contributed by atoms with Crippen LogP contribution in [0.2, 0.25) is 5.02 Å². The number of para-hydroxylation sites is 1. The molecule has 3 heteroatoms. The Labute approximate surface area is 152 Å². The summed E-state index contributed by atoms with van der Waals surface area (Å²) in [6.07, 6.45) is 3.10. The Morgan fingerprint density at radius 2 is 1.60 bits per heavy atom. The van der Waals surface area contributed by atoms with Gasteiger partial charge in [-0.2, -0.15) is 0 Å². The van der Waals surface area contributed by atoms with Crippen LogP contribution < -0.4 is 5.73 Å². The van der Waals surface area contributed by atoms with E-state index in [2.05, 4.69) is 53.5 Å². The number of hydrogen-bond acceptors (Lipinski definition) is 1. The quantitative estimate of drug-likeness (QED) is 0.432. The molecule has 0 aliphatic carbocycles. The Bertz CT molecular complexity index is 1030. The van der Waals surface area contributed by atoms with Crippen LogP contribution in [0.3, 0.4) is 0 Å². The number of aromatic nitrogens is 1. The summed E-state index contributed by atoms with van der Waals surface area (Å²) in [6.45, 7) is 0.729. The molecular formula is C22H21ClN2. The Morgan fingerprint density at radius 1 is 0.840 bits per heavy atom. The molecule has 0 radical (unpaired) electrons. The maximum absolute atomic E-state index is 6.46. The third-order valence-corrected chi connectivity index (χ3v) is 5.15. The van der Waals surface area contributed by atoms with Crippen molar-refractivity contribution in [3.63, 3.8) is 0 Å². The molecular weight excluding hydrogens is 328 g/mol. The third kappa shape index (κ3) is 2.92. The van der Waals surface area contributed by atoms with Crippen LogP contribution in [0.15, 0.2) is 60.7 Å². The van der Waals surface area contributed by atoms with Gasteiger partial charge in [-0.25, -0.2) is 0 Å². The van der Waals surface area contributed by atoms with Crippen LogP contribution in [0.25, 0.3) is 32.9 Å². The Morgan fingerprint density at radius 3 is 2.48 bits per heavy atom. The second-order valence-electron chi connectivity index (χ2n) is 6.41. The molecule has 0 aliphatic rings. The van der Waals surface area contributed by atoms with E-state index in [0.717, 1.165) is 36.3 Å². The molecule has 0 bridgehead atoms. The number of hydrogen-bond donors (Lipinski definition) is 2. The smallest absolute Gasteiger partial charge is 0.0651 e. The van der Waals surface area contributed by atoms with Gasteiger partial charge in [0.15, 0.2) is 0 Å². The van der Waals surface area contributed by atoms with Gasteiger partial charge in [0.2, 0.25) is 0 Å². The molecule has 4 aromatic rings. The molecule has 0 amide bonds. The number of fused-ring (bicyclic) bond motifs is 2.